The van der Waals surface area contributed by atoms with E-state index < -0.39 is 5.60 Å². The van der Waals surface area contributed by atoms with Crippen LogP contribution in [0.4, 0.5) is 0 Å². The van der Waals surface area contributed by atoms with Gasteiger partial charge >= 0.3 is 0 Å². The predicted molar refractivity (Wildman–Crippen MR) is 79.6 cm³/mol. The summed E-state index contributed by atoms with van der Waals surface area (Å²) in [5.41, 5.74) is 0.544. The lowest BCUT2D eigenvalue weighted by molar-refractivity contribution is -0.0396. The average Bonchev–Trinajstić information content (AvgIpc) is 3.05. The lowest BCUT2D eigenvalue weighted by Crippen LogP contribution is -2.46. The summed E-state index contributed by atoms with van der Waals surface area (Å²) in [6.07, 6.45) is 4.33. The Balaban J connectivity index is 1.76. The minimum absolute atomic E-state index is 0.592. The number of fused-ring (bicyclic) bond motifs is 2. The fraction of sp³-hybridized carbons (Fsp3) is 0.500. The first-order valence-electron chi connectivity index (χ1n) is 7.19. The van der Waals surface area contributed by atoms with E-state index in [2.05, 4.69) is 34.5 Å². The molecular weight excluding hydrogens is 254 g/mol. The third-order valence-corrected chi connectivity index (χ3v) is 5.83. The van der Waals surface area contributed by atoms with Crippen molar-refractivity contribution >= 4 is 21.4 Å². The van der Waals surface area contributed by atoms with Crippen molar-refractivity contribution in [2.45, 2.75) is 37.3 Å². The van der Waals surface area contributed by atoms with Gasteiger partial charge in [-0.15, -0.1) is 11.3 Å². The van der Waals surface area contributed by atoms with Gasteiger partial charge in [0.05, 0.1) is 5.60 Å². The summed E-state index contributed by atoms with van der Waals surface area (Å²) >= 11 is 1.76. The normalized spacial score (nSPS) is 31.7. The van der Waals surface area contributed by atoms with Crippen molar-refractivity contribution in [1.29, 1.82) is 0 Å². The Morgan fingerprint density at radius 3 is 3.16 bits per heavy atom. The van der Waals surface area contributed by atoms with E-state index in [9.17, 15) is 5.11 Å². The van der Waals surface area contributed by atoms with Crippen LogP contribution in [-0.2, 0) is 5.60 Å². The van der Waals surface area contributed by atoms with Crippen molar-refractivity contribution in [1.82, 2.24) is 4.90 Å². The maximum atomic E-state index is 11.2. The van der Waals surface area contributed by atoms with Crippen LogP contribution in [0.15, 0.2) is 29.6 Å². The van der Waals surface area contributed by atoms with E-state index in [4.69, 9.17) is 0 Å². The monoisotopic (exact) mass is 273 g/mol. The molecule has 0 bridgehead atoms. The topological polar surface area (TPSA) is 23.5 Å². The third kappa shape index (κ3) is 1.83. The van der Waals surface area contributed by atoms with E-state index in [0.717, 1.165) is 24.9 Å². The zero-order chi connectivity index (χ0) is 12.9. The zero-order valence-corrected chi connectivity index (χ0v) is 11.8. The number of benzene rings is 1. The van der Waals surface area contributed by atoms with E-state index >= 15 is 0 Å². The number of hydrogen-bond acceptors (Lipinski definition) is 3. The SMILES string of the molecule is OC1(c2cccc3ccsc23)CCN2CCCC2C1. The maximum Gasteiger partial charge on any atom is 0.0937 e. The van der Waals surface area contributed by atoms with Crippen LogP contribution in [0.25, 0.3) is 10.1 Å². The van der Waals surface area contributed by atoms with Crippen LogP contribution in [0.3, 0.4) is 0 Å². The van der Waals surface area contributed by atoms with Gasteiger partial charge in [0, 0.05) is 22.8 Å². The zero-order valence-electron chi connectivity index (χ0n) is 11.0. The van der Waals surface area contributed by atoms with E-state index in [1.165, 1.54) is 29.5 Å². The molecule has 0 saturated carbocycles. The van der Waals surface area contributed by atoms with Crippen LogP contribution in [0.5, 0.6) is 0 Å². The molecule has 3 heteroatoms. The van der Waals surface area contributed by atoms with Gasteiger partial charge in [-0.25, -0.2) is 0 Å². The lowest BCUT2D eigenvalue weighted by Gasteiger charge is -2.41. The summed E-state index contributed by atoms with van der Waals surface area (Å²) in [6, 6.07) is 9.10. The summed E-state index contributed by atoms with van der Waals surface area (Å²) in [5.74, 6) is 0. The Kier molecular flexibility index (Phi) is 2.69. The number of thiophene rings is 1. The minimum atomic E-state index is -0.615. The predicted octanol–water partition coefficient (Wildman–Crippen LogP) is 3.35. The summed E-state index contributed by atoms with van der Waals surface area (Å²) in [6.45, 7) is 2.27. The number of aliphatic hydroxyl groups is 1. The molecule has 2 aliphatic rings. The first-order chi connectivity index (χ1) is 9.26. The first kappa shape index (κ1) is 11.9. The van der Waals surface area contributed by atoms with Crippen molar-refractivity contribution in [3.05, 3.63) is 35.2 Å². The highest BCUT2D eigenvalue weighted by Gasteiger charge is 2.41. The Bertz CT molecular complexity index is 608. The Hall–Kier alpha value is -0.900. The molecule has 0 radical (unpaired) electrons. The number of hydrogen-bond donors (Lipinski definition) is 1. The molecule has 2 saturated heterocycles. The van der Waals surface area contributed by atoms with Crippen molar-refractivity contribution < 1.29 is 5.11 Å². The van der Waals surface area contributed by atoms with Gasteiger partial charge in [0.15, 0.2) is 0 Å². The number of rotatable bonds is 1. The van der Waals surface area contributed by atoms with Crippen LogP contribution in [-0.4, -0.2) is 29.1 Å². The van der Waals surface area contributed by atoms with E-state index in [1.807, 2.05) is 0 Å². The Labute approximate surface area is 117 Å². The molecule has 0 spiro atoms. The lowest BCUT2D eigenvalue weighted by atomic mass is 9.80. The molecule has 2 fully saturated rings. The number of piperidine rings is 1. The van der Waals surface area contributed by atoms with Crippen LogP contribution in [0.1, 0.15) is 31.2 Å². The molecule has 3 heterocycles. The second-order valence-corrected chi connectivity index (χ2v) is 6.88. The van der Waals surface area contributed by atoms with Crippen LogP contribution in [0, 0.1) is 0 Å². The van der Waals surface area contributed by atoms with Gasteiger partial charge in [0.2, 0.25) is 0 Å². The second-order valence-electron chi connectivity index (χ2n) is 5.96. The molecule has 2 nitrogen and oxygen atoms in total. The maximum absolute atomic E-state index is 11.2. The van der Waals surface area contributed by atoms with Crippen LogP contribution in [0.2, 0.25) is 0 Å². The van der Waals surface area contributed by atoms with Crippen molar-refractivity contribution in [3.63, 3.8) is 0 Å². The average molecular weight is 273 g/mol. The van der Waals surface area contributed by atoms with Gasteiger partial charge in [-0.2, -0.15) is 0 Å². The molecule has 19 heavy (non-hydrogen) atoms. The van der Waals surface area contributed by atoms with E-state index in [1.54, 1.807) is 11.3 Å². The Morgan fingerprint density at radius 2 is 2.21 bits per heavy atom. The fourth-order valence-electron chi connectivity index (χ4n) is 3.85. The smallest absolute Gasteiger partial charge is 0.0937 e. The first-order valence-corrected chi connectivity index (χ1v) is 8.07. The summed E-state index contributed by atoms with van der Waals surface area (Å²) < 4.78 is 1.27. The summed E-state index contributed by atoms with van der Waals surface area (Å²) in [7, 11) is 0. The van der Waals surface area contributed by atoms with Gasteiger partial charge < -0.3 is 10.0 Å². The number of nitrogens with zero attached hydrogens (tertiary/aromatic N) is 1. The molecular formula is C16H19NOS. The Morgan fingerprint density at radius 1 is 1.26 bits per heavy atom. The molecule has 2 atom stereocenters. The largest absolute Gasteiger partial charge is 0.385 e. The van der Waals surface area contributed by atoms with Crippen molar-refractivity contribution in [2.75, 3.05) is 13.1 Å². The van der Waals surface area contributed by atoms with Gasteiger partial charge in [-0.1, -0.05) is 18.2 Å². The fourth-order valence-corrected chi connectivity index (χ4v) is 4.85. The van der Waals surface area contributed by atoms with Crippen molar-refractivity contribution in [2.24, 2.45) is 0 Å². The molecule has 1 aromatic heterocycles. The van der Waals surface area contributed by atoms with Gasteiger partial charge in [-0.05, 0) is 49.1 Å². The van der Waals surface area contributed by atoms with E-state index in [0.29, 0.717) is 6.04 Å². The standard InChI is InChI=1S/C16H19NOS/c18-16(7-9-17-8-2-4-13(17)11-16)14-5-1-3-12-6-10-19-15(12)14/h1,3,5-6,10,13,18H,2,4,7-9,11H2. The molecule has 2 unspecified atom stereocenters. The highest BCUT2D eigenvalue weighted by Crippen LogP contribution is 2.42. The molecule has 1 aromatic carbocycles. The molecule has 4 rings (SSSR count). The quantitative estimate of drug-likeness (QED) is 0.861. The van der Waals surface area contributed by atoms with E-state index in [-0.39, 0.29) is 0 Å². The molecule has 2 aromatic rings. The summed E-state index contributed by atoms with van der Waals surface area (Å²) in [4.78, 5) is 2.56. The van der Waals surface area contributed by atoms with Crippen LogP contribution < -0.4 is 0 Å². The van der Waals surface area contributed by atoms with Crippen LogP contribution >= 0.6 is 11.3 Å². The highest BCUT2D eigenvalue weighted by molar-refractivity contribution is 7.17. The molecule has 2 aliphatic heterocycles. The van der Waals surface area contributed by atoms with Gasteiger partial charge in [0.25, 0.3) is 0 Å². The molecule has 0 aliphatic carbocycles. The molecule has 100 valence electrons. The van der Waals surface area contributed by atoms with Crippen molar-refractivity contribution in [3.8, 4) is 0 Å². The van der Waals surface area contributed by atoms with Gasteiger partial charge in [-0.3, -0.25) is 0 Å². The third-order valence-electron chi connectivity index (χ3n) is 4.87. The minimum Gasteiger partial charge on any atom is -0.385 e. The molecule has 1 N–H and O–H groups in total. The van der Waals surface area contributed by atoms with Gasteiger partial charge in [0.1, 0.15) is 0 Å². The second kappa shape index (κ2) is 4.30. The summed E-state index contributed by atoms with van der Waals surface area (Å²) in [5, 5.41) is 14.6. The molecule has 0 amide bonds. The highest BCUT2D eigenvalue weighted by atomic mass is 32.1.